The van der Waals surface area contributed by atoms with E-state index in [0.29, 0.717) is 49.3 Å². The van der Waals surface area contributed by atoms with Crippen LogP contribution in [0.15, 0.2) is 134 Å². The van der Waals surface area contributed by atoms with Crippen LogP contribution in [0.5, 0.6) is 0 Å². The third-order valence-electron chi connectivity index (χ3n) is 12.3. The summed E-state index contributed by atoms with van der Waals surface area (Å²) in [5, 5.41) is 3.05. The molecular formula is C50H47N5O3. The molecule has 1 saturated heterocycles. The summed E-state index contributed by atoms with van der Waals surface area (Å²) in [4.78, 5) is 50.9. The highest BCUT2D eigenvalue weighted by atomic mass is 16.2. The van der Waals surface area contributed by atoms with Crippen molar-refractivity contribution >= 4 is 29.1 Å². The minimum Gasteiger partial charge on any atom is -0.353 e. The number of carbonyl (C=O) groups excluding carboxylic acids is 3. The smallest absolute Gasteiger partial charge is 0.256 e. The summed E-state index contributed by atoms with van der Waals surface area (Å²) in [6.45, 7) is 3.37. The maximum atomic E-state index is 14.7. The van der Waals surface area contributed by atoms with E-state index in [1.165, 1.54) is 22.3 Å². The maximum Gasteiger partial charge on any atom is 0.256 e. The van der Waals surface area contributed by atoms with E-state index in [0.717, 1.165) is 66.0 Å². The summed E-state index contributed by atoms with van der Waals surface area (Å²) in [7, 11) is 0. The number of nitrogens with zero attached hydrogens (tertiary/aromatic N) is 3. The molecule has 2 atom stereocenters. The van der Waals surface area contributed by atoms with Gasteiger partial charge in [0.2, 0.25) is 5.91 Å². The molecule has 3 aliphatic rings. The number of fused-ring (bicyclic) bond motifs is 5. The predicted octanol–water partition coefficient (Wildman–Crippen LogP) is 8.81. The van der Waals surface area contributed by atoms with Crippen molar-refractivity contribution in [2.24, 2.45) is 5.73 Å². The number of Topliss-reactive ketones (excluding diaryl/α,β-unsaturated/α-hetero) is 1. The third-order valence-corrected chi connectivity index (χ3v) is 12.3. The molecule has 0 bridgehead atoms. The second-order valence-corrected chi connectivity index (χ2v) is 15.7. The molecule has 2 heterocycles. The lowest BCUT2D eigenvalue weighted by Gasteiger charge is -2.37. The first-order valence-corrected chi connectivity index (χ1v) is 20.5. The van der Waals surface area contributed by atoms with Crippen molar-refractivity contribution < 1.29 is 14.4 Å². The minimum absolute atomic E-state index is 0.0669. The van der Waals surface area contributed by atoms with Crippen LogP contribution in [0.25, 0.3) is 22.3 Å². The van der Waals surface area contributed by atoms with Crippen molar-refractivity contribution in [3.63, 3.8) is 0 Å². The van der Waals surface area contributed by atoms with Crippen LogP contribution < -0.4 is 16.0 Å². The van der Waals surface area contributed by atoms with E-state index in [1.54, 1.807) is 0 Å². The van der Waals surface area contributed by atoms with Gasteiger partial charge in [0, 0.05) is 62.2 Å². The largest absolute Gasteiger partial charge is 0.353 e. The molecule has 9 rings (SSSR count). The van der Waals surface area contributed by atoms with Gasteiger partial charge in [0.15, 0.2) is 5.78 Å². The number of aromatic nitrogens is 1. The van der Waals surface area contributed by atoms with Crippen LogP contribution in [-0.2, 0) is 24.2 Å². The zero-order valence-electron chi connectivity index (χ0n) is 32.6. The second kappa shape index (κ2) is 16.2. The fraction of sp³-hybridized carbons (Fsp3) is 0.240. The second-order valence-electron chi connectivity index (χ2n) is 15.7. The quantitative estimate of drug-likeness (QED) is 0.143. The van der Waals surface area contributed by atoms with Gasteiger partial charge in [-0.1, -0.05) is 84.9 Å². The van der Waals surface area contributed by atoms with Crippen LogP contribution in [0.2, 0.25) is 0 Å². The summed E-state index contributed by atoms with van der Waals surface area (Å²) in [5.74, 6) is 0.760. The van der Waals surface area contributed by atoms with Gasteiger partial charge in [0.05, 0.1) is 5.92 Å². The lowest BCUT2D eigenvalue weighted by molar-refractivity contribution is -0.132. The van der Waals surface area contributed by atoms with Crippen molar-refractivity contribution in [3.05, 3.63) is 173 Å². The highest BCUT2D eigenvalue weighted by Crippen LogP contribution is 2.47. The van der Waals surface area contributed by atoms with Crippen LogP contribution in [0.3, 0.4) is 0 Å². The highest BCUT2D eigenvalue weighted by Gasteiger charge is 2.36. The highest BCUT2D eigenvalue weighted by molar-refractivity contribution is 6.09. The maximum absolute atomic E-state index is 14.7. The van der Waals surface area contributed by atoms with Gasteiger partial charge < -0.3 is 20.9 Å². The Bertz CT molecular complexity index is 2470. The Balaban J connectivity index is 0.943. The van der Waals surface area contributed by atoms with Crippen molar-refractivity contribution in [2.75, 3.05) is 36.4 Å². The van der Waals surface area contributed by atoms with E-state index in [-0.39, 0.29) is 29.4 Å². The number of rotatable bonds is 9. The van der Waals surface area contributed by atoms with E-state index in [1.807, 2.05) is 108 Å². The van der Waals surface area contributed by atoms with Crippen LogP contribution >= 0.6 is 0 Å². The lowest BCUT2D eigenvalue weighted by Crippen LogP contribution is -2.49. The van der Waals surface area contributed by atoms with Gasteiger partial charge in [-0.05, 0) is 124 Å². The van der Waals surface area contributed by atoms with Gasteiger partial charge in [-0.15, -0.1) is 0 Å². The lowest BCUT2D eigenvalue weighted by atomic mass is 9.69. The predicted molar refractivity (Wildman–Crippen MR) is 230 cm³/mol. The van der Waals surface area contributed by atoms with E-state index in [2.05, 4.69) is 45.5 Å². The Morgan fingerprint density at radius 3 is 2.24 bits per heavy atom. The third kappa shape index (κ3) is 7.32. The van der Waals surface area contributed by atoms with Gasteiger partial charge in [-0.3, -0.25) is 14.4 Å². The number of ketones is 1. The number of carbonyl (C=O) groups is 3. The normalized spacial score (nSPS) is 17.1. The summed E-state index contributed by atoms with van der Waals surface area (Å²) >= 11 is 0. The monoisotopic (exact) mass is 765 g/mol. The molecule has 6 aromatic rings. The van der Waals surface area contributed by atoms with E-state index in [9.17, 15) is 14.4 Å². The number of hydrogen-bond acceptors (Lipinski definition) is 6. The Morgan fingerprint density at radius 2 is 1.48 bits per heavy atom. The number of hydrogen-bond donors (Lipinski definition) is 2. The van der Waals surface area contributed by atoms with E-state index in [4.69, 9.17) is 5.73 Å². The van der Waals surface area contributed by atoms with Crippen molar-refractivity contribution in [3.8, 4) is 22.3 Å². The molecule has 3 N–H and O–H groups in total. The topological polar surface area (TPSA) is 109 Å². The summed E-state index contributed by atoms with van der Waals surface area (Å²) < 4.78 is 0. The Hall–Kier alpha value is -6.38. The first-order chi connectivity index (χ1) is 28.4. The fourth-order valence-corrected chi connectivity index (χ4v) is 9.31. The van der Waals surface area contributed by atoms with E-state index >= 15 is 0 Å². The summed E-state index contributed by atoms with van der Waals surface area (Å²) in [5.41, 5.74) is 17.4. The Labute approximate surface area is 339 Å². The molecule has 5 aromatic carbocycles. The fourth-order valence-electron chi connectivity index (χ4n) is 9.31. The number of pyridine rings is 1. The molecule has 2 aliphatic carbocycles. The van der Waals surface area contributed by atoms with Crippen LogP contribution in [-0.4, -0.2) is 53.7 Å². The first kappa shape index (κ1) is 37.2. The van der Waals surface area contributed by atoms with Gasteiger partial charge in [-0.2, -0.15) is 0 Å². The zero-order valence-corrected chi connectivity index (χ0v) is 32.6. The van der Waals surface area contributed by atoms with Crippen molar-refractivity contribution in [1.29, 1.82) is 0 Å². The van der Waals surface area contributed by atoms with Crippen molar-refractivity contribution in [2.45, 2.75) is 50.5 Å². The van der Waals surface area contributed by atoms with E-state index < -0.39 is 0 Å². The molecule has 0 saturated carbocycles. The SMILES string of the molecule is NCc1ccc(-c2ccccc2C(=O)Nc2ccc(C(=O)C3Cc4ccccc4-c4ccc5c(c43)CCCC5CC(=O)N3CCN(c4ccccn4)CC3)cc2)cc1. The molecule has 1 aliphatic heterocycles. The van der Waals surface area contributed by atoms with Crippen LogP contribution in [0.1, 0.15) is 79.6 Å². The van der Waals surface area contributed by atoms with Gasteiger partial charge in [0.1, 0.15) is 5.82 Å². The molecule has 8 nitrogen and oxygen atoms in total. The Morgan fingerprint density at radius 1 is 0.741 bits per heavy atom. The number of benzene rings is 5. The van der Waals surface area contributed by atoms with Crippen molar-refractivity contribution in [1.82, 2.24) is 9.88 Å². The molecule has 2 unspecified atom stereocenters. The molecule has 2 amide bonds. The average molecular weight is 766 g/mol. The van der Waals surface area contributed by atoms with Gasteiger partial charge >= 0.3 is 0 Å². The minimum atomic E-state index is -0.355. The first-order valence-electron chi connectivity index (χ1n) is 20.5. The molecule has 8 heteroatoms. The molecular weight excluding hydrogens is 719 g/mol. The number of nitrogens with two attached hydrogens (primary N) is 1. The van der Waals surface area contributed by atoms with Gasteiger partial charge in [0.25, 0.3) is 5.91 Å². The Kier molecular flexibility index (Phi) is 10.4. The molecule has 290 valence electrons. The van der Waals surface area contributed by atoms with Gasteiger partial charge in [-0.25, -0.2) is 4.98 Å². The molecule has 58 heavy (non-hydrogen) atoms. The molecule has 1 fully saturated rings. The van der Waals surface area contributed by atoms with Crippen LogP contribution in [0.4, 0.5) is 11.5 Å². The standard InChI is InChI=1S/C50H47N5O3/c51-32-33-15-17-34(18-16-33)39-10-3-4-12-44(39)50(58)53-38-21-19-35(20-22-38)49(57)45-30-36-8-1-2-11-40(36)43-24-23-41-37(9-7-13-42(41)48(43)45)31-47(56)55-28-26-54(27-29-55)46-14-5-6-25-52-46/h1-6,8,10-12,14-25,37,45H,7,9,13,26-32,51H2,(H,53,58). The summed E-state index contributed by atoms with van der Waals surface area (Å²) in [6, 6.07) is 41.6. The molecule has 0 radical (unpaired) electrons. The number of nitrogens with one attached hydrogen (secondary N) is 1. The summed E-state index contributed by atoms with van der Waals surface area (Å²) in [6.07, 6.45) is 5.73. The zero-order chi connectivity index (χ0) is 39.6. The molecule has 1 aromatic heterocycles. The number of piperazine rings is 1. The number of amides is 2. The average Bonchev–Trinajstić information content (AvgIpc) is 3.29. The number of anilines is 2. The molecule has 0 spiro atoms. The van der Waals surface area contributed by atoms with Crippen LogP contribution in [0, 0.1) is 0 Å².